The molecule has 3 heterocycles. The molecule has 4 atom stereocenters. The van der Waals surface area contributed by atoms with Crippen LogP contribution in [-0.2, 0) is 14.3 Å². The Hall–Kier alpha value is -1.98. The zero-order valence-corrected chi connectivity index (χ0v) is 12.4. The lowest BCUT2D eigenvalue weighted by Crippen LogP contribution is -2.43. The SMILES string of the molecule is Cc1ccc(N2C(=O)[C@@H]3[C@@H](C2=O)[C@@]2(CO)C=C[C@H]3O2)cc1C. The topological polar surface area (TPSA) is 66.8 Å². The van der Waals surface area contributed by atoms with Crippen LogP contribution in [0.25, 0.3) is 0 Å². The van der Waals surface area contributed by atoms with Crippen LogP contribution in [0.1, 0.15) is 11.1 Å². The van der Waals surface area contributed by atoms with Gasteiger partial charge in [-0.05, 0) is 37.1 Å². The van der Waals surface area contributed by atoms with E-state index in [2.05, 4.69) is 0 Å². The molecule has 0 aromatic heterocycles. The number of hydrogen-bond donors (Lipinski definition) is 1. The number of imide groups is 1. The van der Waals surface area contributed by atoms with E-state index in [9.17, 15) is 14.7 Å². The molecule has 3 aliphatic heterocycles. The molecule has 3 aliphatic rings. The summed E-state index contributed by atoms with van der Waals surface area (Å²) in [6, 6.07) is 5.56. The Morgan fingerprint density at radius 1 is 1.23 bits per heavy atom. The maximum atomic E-state index is 12.8. The number of carbonyl (C=O) groups is 2. The number of benzene rings is 1. The van der Waals surface area contributed by atoms with Gasteiger partial charge in [0.25, 0.3) is 0 Å². The van der Waals surface area contributed by atoms with E-state index in [0.717, 1.165) is 11.1 Å². The molecular weight excluding hydrogens is 282 g/mol. The minimum absolute atomic E-state index is 0.233. The fraction of sp³-hybridized carbons (Fsp3) is 0.412. The second kappa shape index (κ2) is 4.27. The van der Waals surface area contributed by atoms with Gasteiger partial charge in [-0.2, -0.15) is 0 Å². The summed E-state index contributed by atoms with van der Waals surface area (Å²) in [6.07, 6.45) is 3.10. The summed E-state index contributed by atoms with van der Waals surface area (Å²) in [7, 11) is 0. The smallest absolute Gasteiger partial charge is 0.241 e. The van der Waals surface area contributed by atoms with Gasteiger partial charge in [-0.1, -0.05) is 18.2 Å². The van der Waals surface area contributed by atoms with Crippen LogP contribution in [0.2, 0.25) is 0 Å². The van der Waals surface area contributed by atoms with Gasteiger partial charge >= 0.3 is 0 Å². The standard InChI is InChI=1S/C17H17NO4/c1-9-3-4-11(7-10(9)2)18-15(20)13-12-5-6-17(8-19,22-12)14(13)16(18)21/h3-7,12-14,19H,8H2,1-2H3/t12-,13+,14+,17+/m1/s1. The summed E-state index contributed by atoms with van der Waals surface area (Å²) < 4.78 is 5.71. The van der Waals surface area contributed by atoms with E-state index in [1.807, 2.05) is 26.0 Å². The number of rotatable bonds is 2. The number of aryl methyl sites for hydroxylation is 2. The third kappa shape index (κ3) is 1.50. The number of aliphatic hydroxyl groups excluding tert-OH is 1. The van der Waals surface area contributed by atoms with Crippen LogP contribution < -0.4 is 4.90 Å². The van der Waals surface area contributed by atoms with Gasteiger partial charge in [0.05, 0.1) is 30.2 Å². The molecule has 2 bridgehead atoms. The molecule has 1 aromatic carbocycles. The van der Waals surface area contributed by atoms with Crippen molar-refractivity contribution in [3.8, 4) is 0 Å². The number of fused-ring (bicyclic) bond motifs is 5. The Morgan fingerprint density at radius 2 is 2.00 bits per heavy atom. The molecule has 2 fully saturated rings. The molecular formula is C17H17NO4. The summed E-state index contributed by atoms with van der Waals surface area (Å²) >= 11 is 0. The quantitative estimate of drug-likeness (QED) is 0.656. The molecule has 5 nitrogen and oxygen atoms in total. The van der Waals surface area contributed by atoms with Crippen molar-refractivity contribution in [2.24, 2.45) is 11.8 Å². The highest BCUT2D eigenvalue weighted by molar-refractivity contribution is 6.23. The highest BCUT2D eigenvalue weighted by Crippen LogP contribution is 2.52. The van der Waals surface area contributed by atoms with E-state index >= 15 is 0 Å². The second-order valence-electron chi connectivity index (χ2n) is 6.34. The van der Waals surface area contributed by atoms with Crippen molar-refractivity contribution in [2.45, 2.75) is 25.6 Å². The van der Waals surface area contributed by atoms with Crippen molar-refractivity contribution in [1.29, 1.82) is 0 Å². The van der Waals surface area contributed by atoms with E-state index in [1.165, 1.54) is 4.90 Å². The summed E-state index contributed by atoms with van der Waals surface area (Å²) in [5.41, 5.74) is 1.71. The third-order valence-corrected chi connectivity index (χ3v) is 5.15. The van der Waals surface area contributed by atoms with Crippen LogP contribution in [0.5, 0.6) is 0 Å². The van der Waals surface area contributed by atoms with Crippen molar-refractivity contribution in [3.05, 3.63) is 41.5 Å². The Morgan fingerprint density at radius 3 is 2.68 bits per heavy atom. The van der Waals surface area contributed by atoms with Crippen LogP contribution in [0.3, 0.4) is 0 Å². The van der Waals surface area contributed by atoms with E-state index in [-0.39, 0.29) is 18.4 Å². The van der Waals surface area contributed by atoms with Gasteiger partial charge in [-0.25, -0.2) is 4.90 Å². The van der Waals surface area contributed by atoms with Crippen molar-refractivity contribution in [1.82, 2.24) is 0 Å². The highest BCUT2D eigenvalue weighted by atomic mass is 16.5. The van der Waals surface area contributed by atoms with E-state index in [1.54, 1.807) is 18.2 Å². The molecule has 5 heteroatoms. The number of amides is 2. The molecule has 0 radical (unpaired) electrons. The summed E-state index contributed by atoms with van der Waals surface area (Å²) in [4.78, 5) is 26.8. The molecule has 0 saturated carbocycles. The maximum Gasteiger partial charge on any atom is 0.241 e. The van der Waals surface area contributed by atoms with Gasteiger partial charge in [0.2, 0.25) is 11.8 Å². The number of nitrogens with zero attached hydrogens (tertiary/aromatic N) is 1. The minimum Gasteiger partial charge on any atom is -0.393 e. The molecule has 0 unspecified atom stereocenters. The van der Waals surface area contributed by atoms with Crippen LogP contribution in [0.4, 0.5) is 5.69 Å². The normalized spacial score (nSPS) is 35.6. The van der Waals surface area contributed by atoms with Crippen LogP contribution in [-0.4, -0.2) is 35.2 Å². The molecule has 1 N–H and O–H groups in total. The average Bonchev–Trinajstić information content (AvgIpc) is 3.14. The number of anilines is 1. The first-order chi connectivity index (χ1) is 10.5. The lowest BCUT2D eigenvalue weighted by molar-refractivity contribution is -0.128. The summed E-state index contributed by atoms with van der Waals surface area (Å²) in [5.74, 6) is -1.66. The van der Waals surface area contributed by atoms with Crippen molar-refractivity contribution in [2.75, 3.05) is 11.5 Å². The Bertz CT molecular complexity index is 725. The largest absolute Gasteiger partial charge is 0.393 e. The van der Waals surface area contributed by atoms with E-state index in [0.29, 0.717) is 5.69 Å². The Kier molecular flexibility index (Phi) is 2.65. The Balaban J connectivity index is 1.77. The molecule has 0 aliphatic carbocycles. The number of carbonyl (C=O) groups excluding carboxylic acids is 2. The summed E-state index contributed by atoms with van der Waals surface area (Å²) in [5, 5.41) is 9.67. The molecule has 22 heavy (non-hydrogen) atoms. The third-order valence-electron chi connectivity index (χ3n) is 5.15. The molecule has 2 amide bonds. The molecule has 1 aromatic rings. The van der Waals surface area contributed by atoms with E-state index in [4.69, 9.17) is 4.74 Å². The lowest BCUT2D eigenvalue weighted by atomic mass is 9.77. The fourth-order valence-electron chi connectivity index (χ4n) is 3.80. The van der Waals surface area contributed by atoms with Gasteiger partial charge in [-0.3, -0.25) is 9.59 Å². The first kappa shape index (κ1) is 13.7. The average molecular weight is 299 g/mol. The van der Waals surface area contributed by atoms with Gasteiger partial charge in [0, 0.05) is 0 Å². The van der Waals surface area contributed by atoms with Gasteiger partial charge in [-0.15, -0.1) is 0 Å². The molecule has 2 saturated heterocycles. The van der Waals surface area contributed by atoms with Crippen molar-refractivity contribution < 1.29 is 19.4 Å². The first-order valence-corrected chi connectivity index (χ1v) is 7.41. The van der Waals surface area contributed by atoms with Crippen LogP contribution in [0, 0.1) is 25.7 Å². The molecule has 0 spiro atoms. The predicted molar refractivity (Wildman–Crippen MR) is 79.2 cm³/mol. The monoisotopic (exact) mass is 299 g/mol. The fourth-order valence-corrected chi connectivity index (χ4v) is 3.80. The molecule has 4 rings (SSSR count). The zero-order chi connectivity index (χ0) is 15.6. The van der Waals surface area contributed by atoms with Crippen molar-refractivity contribution >= 4 is 17.5 Å². The van der Waals surface area contributed by atoms with E-state index < -0.39 is 23.5 Å². The van der Waals surface area contributed by atoms with Gasteiger partial charge in [0.1, 0.15) is 5.60 Å². The minimum atomic E-state index is -1.03. The maximum absolute atomic E-state index is 12.8. The van der Waals surface area contributed by atoms with Crippen LogP contribution in [0.15, 0.2) is 30.4 Å². The lowest BCUT2D eigenvalue weighted by Gasteiger charge is -2.26. The number of hydrogen-bond acceptors (Lipinski definition) is 4. The zero-order valence-electron chi connectivity index (χ0n) is 12.4. The predicted octanol–water partition coefficient (Wildman–Crippen LogP) is 1.11. The van der Waals surface area contributed by atoms with Gasteiger partial charge < -0.3 is 9.84 Å². The number of aliphatic hydroxyl groups is 1. The van der Waals surface area contributed by atoms with Crippen LogP contribution >= 0.6 is 0 Å². The first-order valence-electron chi connectivity index (χ1n) is 7.41. The van der Waals surface area contributed by atoms with Crippen molar-refractivity contribution in [3.63, 3.8) is 0 Å². The number of ether oxygens (including phenoxy) is 1. The van der Waals surface area contributed by atoms with Gasteiger partial charge in [0.15, 0.2) is 0 Å². The highest BCUT2D eigenvalue weighted by Gasteiger charge is 2.67. The Labute approximate surface area is 128 Å². The molecule has 114 valence electrons. The summed E-state index contributed by atoms with van der Waals surface area (Å²) in [6.45, 7) is 3.65. The second-order valence-corrected chi connectivity index (χ2v) is 6.34.